The molecule has 3 aromatic rings. The Morgan fingerprint density at radius 2 is 1.70 bits per heavy atom. The Kier molecular flexibility index (Phi) is 5.46. The van der Waals surface area contributed by atoms with E-state index in [1.165, 1.54) is 4.90 Å². The number of hydroxylamine groups is 1. The summed E-state index contributed by atoms with van der Waals surface area (Å²) in [5, 5.41) is 1.69. The molecule has 6 nitrogen and oxygen atoms in total. The van der Waals surface area contributed by atoms with Crippen LogP contribution < -0.4 is 14.7 Å². The maximum Gasteiger partial charge on any atom is 0.266 e. The molecule has 2 aliphatic rings. The minimum absolute atomic E-state index is 0.257. The van der Waals surface area contributed by atoms with Gasteiger partial charge in [0.05, 0.1) is 29.0 Å². The summed E-state index contributed by atoms with van der Waals surface area (Å²) in [5.41, 5.74) is 4.18. The van der Waals surface area contributed by atoms with E-state index < -0.39 is 18.1 Å². The van der Waals surface area contributed by atoms with Crippen LogP contribution in [0.3, 0.4) is 0 Å². The number of nitrogens with zero attached hydrogens (tertiary/aromatic N) is 2. The lowest BCUT2D eigenvalue weighted by atomic mass is 9.90. The third-order valence-corrected chi connectivity index (χ3v) is 6.86. The zero-order valence-electron chi connectivity index (χ0n) is 18.5. The number of hydrogen-bond acceptors (Lipinski definition) is 5. The van der Waals surface area contributed by atoms with E-state index in [-0.39, 0.29) is 11.8 Å². The Morgan fingerprint density at radius 3 is 2.36 bits per heavy atom. The fourth-order valence-electron chi connectivity index (χ4n) is 4.71. The Hall–Kier alpha value is -3.16. The van der Waals surface area contributed by atoms with Gasteiger partial charge in [-0.1, -0.05) is 42.0 Å². The molecule has 0 spiro atoms. The van der Waals surface area contributed by atoms with Crippen LogP contribution in [-0.2, 0) is 14.4 Å². The number of halogens is 1. The summed E-state index contributed by atoms with van der Waals surface area (Å²) >= 11 is 3.55. The molecule has 2 saturated heterocycles. The molecule has 2 fully saturated rings. The molecule has 168 valence electrons. The highest BCUT2D eigenvalue weighted by molar-refractivity contribution is 9.10. The number of imide groups is 1. The molecular formula is C26H23BrN2O4. The van der Waals surface area contributed by atoms with Gasteiger partial charge in [0.15, 0.2) is 6.10 Å². The molecule has 2 heterocycles. The van der Waals surface area contributed by atoms with Crippen molar-refractivity contribution < 1.29 is 19.2 Å². The number of amides is 2. The first kappa shape index (κ1) is 21.7. The number of anilines is 2. The van der Waals surface area contributed by atoms with Crippen LogP contribution in [0.2, 0.25) is 0 Å². The van der Waals surface area contributed by atoms with Crippen molar-refractivity contribution in [3.05, 3.63) is 87.9 Å². The third kappa shape index (κ3) is 3.52. The monoisotopic (exact) mass is 506 g/mol. The first-order valence-corrected chi connectivity index (χ1v) is 11.5. The molecule has 2 amide bonds. The van der Waals surface area contributed by atoms with Crippen molar-refractivity contribution in [1.82, 2.24) is 0 Å². The summed E-state index contributed by atoms with van der Waals surface area (Å²) in [4.78, 5) is 34.7. The normalized spacial score (nSPS) is 22.1. The van der Waals surface area contributed by atoms with Crippen LogP contribution in [-0.4, -0.2) is 25.0 Å². The van der Waals surface area contributed by atoms with Gasteiger partial charge in [0, 0.05) is 0 Å². The molecule has 0 aromatic heterocycles. The molecule has 3 aromatic carbocycles. The van der Waals surface area contributed by atoms with E-state index >= 15 is 0 Å². The summed E-state index contributed by atoms with van der Waals surface area (Å²) in [6, 6.07) is 20.4. The van der Waals surface area contributed by atoms with Gasteiger partial charge in [0.25, 0.3) is 5.91 Å². The molecule has 0 aliphatic carbocycles. The molecule has 33 heavy (non-hydrogen) atoms. The van der Waals surface area contributed by atoms with Crippen LogP contribution in [0.4, 0.5) is 11.4 Å². The summed E-state index contributed by atoms with van der Waals surface area (Å²) < 4.78 is 6.14. The summed E-state index contributed by atoms with van der Waals surface area (Å²) in [6.07, 6.45) is -0.899. The highest BCUT2D eigenvalue weighted by Crippen LogP contribution is 2.48. The maximum absolute atomic E-state index is 13.8. The number of aryl methyl sites for hydroxylation is 2. The number of ether oxygens (including phenoxy) is 1. The topological polar surface area (TPSA) is 59.1 Å². The molecule has 5 rings (SSSR count). The van der Waals surface area contributed by atoms with Crippen molar-refractivity contribution in [2.75, 3.05) is 17.1 Å². The minimum atomic E-state index is -0.899. The summed E-state index contributed by atoms with van der Waals surface area (Å²) in [7, 11) is 1.60. The average molecular weight is 507 g/mol. The molecule has 0 radical (unpaired) electrons. The molecule has 0 bridgehead atoms. The largest absolute Gasteiger partial charge is 0.496 e. The SMILES string of the molecule is COc1ccc([C@@H]2[C@@H]3C(=O)N(c4ccc(C)cc4C)C(=O)[C@H]3ON2c2ccccc2)cc1Br. The summed E-state index contributed by atoms with van der Waals surface area (Å²) in [6.45, 7) is 3.89. The second kappa shape index (κ2) is 8.32. The quantitative estimate of drug-likeness (QED) is 0.459. The second-order valence-electron chi connectivity index (χ2n) is 8.35. The number of para-hydroxylation sites is 1. The highest BCUT2D eigenvalue weighted by atomic mass is 79.9. The Labute approximate surface area is 200 Å². The number of carbonyl (C=O) groups excluding carboxylic acids is 2. The number of fused-ring (bicyclic) bond motifs is 1. The Balaban J connectivity index is 1.60. The van der Waals surface area contributed by atoms with Crippen molar-refractivity contribution in [2.45, 2.75) is 26.0 Å². The zero-order valence-corrected chi connectivity index (χ0v) is 20.1. The second-order valence-corrected chi connectivity index (χ2v) is 9.21. The van der Waals surface area contributed by atoms with Gasteiger partial charge in [-0.05, 0) is 71.2 Å². The minimum Gasteiger partial charge on any atom is -0.496 e. The van der Waals surface area contributed by atoms with Crippen molar-refractivity contribution in [1.29, 1.82) is 0 Å². The number of benzene rings is 3. The van der Waals surface area contributed by atoms with Gasteiger partial charge in [-0.3, -0.25) is 14.4 Å². The van der Waals surface area contributed by atoms with E-state index in [1.807, 2.05) is 80.6 Å². The lowest BCUT2D eigenvalue weighted by Gasteiger charge is -2.29. The predicted molar refractivity (Wildman–Crippen MR) is 129 cm³/mol. The highest BCUT2D eigenvalue weighted by Gasteiger charge is 2.60. The molecule has 7 heteroatoms. The first-order chi connectivity index (χ1) is 15.9. The fraction of sp³-hybridized carbons (Fsp3) is 0.231. The number of hydrogen-bond donors (Lipinski definition) is 0. The van der Waals surface area contributed by atoms with Gasteiger partial charge < -0.3 is 4.74 Å². The molecule has 0 saturated carbocycles. The van der Waals surface area contributed by atoms with Crippen LogP contribution >= 0.6 is 15.9 Å². The van der Waals surface area contributed by atoms with E-state index in [2.05, 4.69) is 15.9 Å². The molecule has 0 N–H and O–H groups in total. The van der Waals surface area contributed by atoms with Crippen molar-refractivity contribution >= 4 is 39.1 Å². The molecular weight excluding hydrogens is 484 g/mol. The van der Waals surface area contributed by atoms with Crippen LogP contribution in [0, 0.1) is 19.8 Å². The van der Waals surface area contributed by atoms with E-state index in [4.69, 9.17) is 9.57 Å². The third-order valence-electron chi connectivity index (χ3n) is 6.24. The van der Waals surface area contributed by atoms with Gasteiger partial charge in [0.2, 0.25) is 5.91 Å². The standard InChI is InChI=1S/C26H23BrN2O4/c1-15-9-11-20(16(2)13-15)28-25(30)22-23(17-10-12-21(32-3)19(27)14-17)29(33-24(22)26(28)31)18-7-5-4-6-8-18/h4-14,22-24H,1-3H3/t22-,23+,24-/m0/s1. The smallest absolute Gasteiger partial charge is 0.266 e. The first-order valence-electron chi connectivity index (χ1n) is 10.7. The fourth-order valence-corrected chi connectivity index (χ4v) is 5.27. The summed E-state index contributed by atoms with van der Waals surface area (Å²) in [5.74, 6) is -0.592. The average Bonchev–Trinajstić information content (AvgIpc) is 3.31. The van der Waals surface area contributed by atoms with E-state index in [9.17, 15) is 9.59 Å². The van der Waals surface area contributed by atoms with E-state index in [0.29, 0.717) is 11.4 Å². The molecule has 0 unspecified atom stereocenters. The van der Waals surface area contributed by atoms with Crippen molar-refractivity contribution in [2.24, 2.45) is 5.92 Å². The van der Waals surface area contributed by atoms with Gasteiger partial charge in [-0.25, -0.2) is 9.96 Å². The van der Waals surface area contributed by atoms with Gasteiger partial charge in [0.1, 0.15) is 11.7 Å². The van der Waals surface area contributed by atoms with Crippen LogP contribution in [0.5, 0.6) is 5.75 Å². The van der Waals surface area contributed by atoms with Crippen molar-refractivity contribution in [3.63, 3.8) is 0 Å². The van der Waals surface area contributed by atoms with E-state index in [1.54, 1.807) is 12.2 Å². The molecule has 3 atom stereocenters. The lowest BCUT2D eigenvalue weighted by Crippen LogP contribution is -2.37. The lowest BCUT2D eigenvalue weighted by molar-refractivity contribution is -0.126. The Bertz CT molecular complexity index is 1250. The zero-order chi connectivity index (χ0) is 23.3. The van der Waals surface area contributed by atoms with Crippen LogP contribution in [0.1, 0.15) is 22.7 Å². The van der Waals surface area contributed by atoms with Gasteiger partial charge in [-0.2, -0.15) is 0 Å². The van der Waals surface area contributed by atoms with Gasteiger partial charge >= 0.3 is 0 Å². The number of carbonyl (C=O) groups is 2. The maximum atomic E-state index is 13.8. The predicted octanol–water partition coefficient (Wildman–Crippen LogP) is 5.13. The number of rotatable bonds is 4. The van der Waals surface area contributed by atoms with E-state index in [0.717, 1.165) is 26.9 Å². The number of methoxy groups -OCH3 is 1. The Morgan fingerprint density at radius 1 is 0.939 bits per heavy atom. The van der Waals surface area contributed by atoms with Crippen LogP contribution in [0.25, 0.3) is 0 Å². The van der Waals surface area contributed by atoms with Gasteiger partial charge in [-0.15, -0.1) is 0 Å². The molecule has 2 aliphatic heterocycles. The van der Waals surface area contributed by atoms with Crippen molar-refractivity contribution in [3.8, 4) is 5.75 Å². The van der Waals surface area contributed by atoms with Crippen LogP contribution in [0.15, 0.2) is 71.2 Å².